The van der Waals surface area contributed by atoms with E-state index in [2.05, 4.69) is 10.1 Å². The average Bonchev–Trinajstić information content (AvgIpc) is 2.52. The number of Topliss-reactive ketones (excluding diaryl/α,β-unsaturated/α-hetero) is 1. The lowest BCUT2D eigenvalue weighted by Gasteiger charge is -2.47. The second kappa shape index (κ2) is 8.21. The van der Waals surface area contributed by atoms with Gasteiger partial charge in [-0.2, -0.15) is 13.2 Å². The van der Waals surface area contributed by atoms with Crippen molar-refractivity contribution < 1.29 is 37.0 Å². The first-order valence-electron chi connectivity index (χ1n) is 8.26. The molecule has 2 rings (SSSR count). The molecule has 0 aromatic heterocycles. The van der Waals surface area contributed by atoms with Crippen molar-refractivity contribution in [2.24, 2.45) is 0 Å². The number of nitrogens with one attached hydrogen (secondary N) is 1. The fourth-order valence-electron chi connectivity index (χ4n) is 3.11. The molecule has 0 aromatic carbocycles. The number of ketones is 1. The van der Waals surface area contributed by atoms with Crippen molar-refractivity contribution in [2.75, 3.05) is 39.5 Å². The number of alkyl halides is 3. The van der Waals surface area contributed by atoms with Crippen LogP contribution in [-0.4, -0.2) is 79.0 Å². The third-order valence-corrected chi connectivity index (χ3v) is 4.31. The lowest BCUT2D eigenvalue weighted by Crippen LogP contribution is -2.57. The van der Waals surface area contributed by atoms with Crippen LogP contribution in [0.2, 0.25) is 0 Å². The highest BCUT2D eigenvalue weighted by atomic mass is 19.4. The van der Waals surface area contributed by atoms with Crippen molar-refractivity contribution in [3.05, 3.63) is 0 Å². The van der Waals surface area contributed by atoms with E-state index in [0.29, 0.717) is 25.8 Å². The predicted octanol–water partition coefficient (Wildman–Crippen LogP) is 1.50. The first-order valence-corrected chi connectivity index (χ1v) is 8.26. The van der Waals surface area contributed by atoms with Crippen LogP contribution in [-0.2, 0) is 14.3 Å². The minimum absolute atomic E-state index is 0.147. The summed E-state index contributed by atoms with van der Waals surface area (Å²) in [6, 6.07) is 0. The molecule has 1 N–H and O–H groups in total. The standard InChI is InChI=1S/C15H22F3N3O5/c1-11(22)7-19-12(23)26-13(24)21-6-4-14(25-10-21)3-2-5-20(8-14)9-15(16,17)18/h2-10H2,1H3,(H,19,23). The number of alkyl carbamates (subject to hydrolysis) is 1. The number of amides is 2. The van der Waals surface area contributed by atoms with Gasteiger partial charge in [-0.15, -0.1) is 0 Å². The summed E-state index contributed by atoms with van der Waals surface area (Å²) in [5.74, 6) is -0.293. The molecule has 2 heterocycles. The molecule has 0 aromatic rings. The molecule has 1 atom stereocenters. The summed E-state index contributed by atoms with van der Waals surface area (Å²) in [6.07, 6.45) is -4.69. The Morgan fingerprint density at radius 3 is 2.54 bits per heavy atom. The fourth-order valence-corrected chi connectivity index (χ4v) is 3.11. The number of carbonyl (C=O) groups is 3. The molecule has 26 heavy (non-hydrogen) atoms. The number of ether oxygens (including phenoxy) is 2. The monoisotopic (exact) mass is 381 g/mol. The summed E-state index contributed by atoms with van der Waals surface area (Å²) in [4.78, 5) is 36.5. The summed E-state index contributed by atoms with van der Waals surface area (Å²) in [5.41, 5.74) is -0.725. The molecule has 0 bridgehead atoms. The van der Waals surface area contributed by atoms with E-state index in [4.69, 9.17) is 4.74 Å². The van der Waals surface area contributed by atoms with Crippen molar-refractivity contribution in [1.29, 1.82) is 0 Å². The van der Waals surface area contributed by atoms with E-state index >= 15 is 0 Å². The van der Waals surface area contributed by atoms with Gasteiger partial charge in [0.1, 0.15) is 12.5 Å². The highest BCUT2D eigenvalue weighted by Crippen LogP contribution is 2.33. The topological polar surface area (TPSA) is 88.2 Å². The van der Waals surface area contributed by atoms with Crippen LogP contribution in [0.5, 0.6) is 0 Å². The third-order valence-electron chi connectivity index (χ3n) is 4.31. The van der Waals surface area contributed by atoms with Gasteiger partial charge in [0.15, 0.2) is 0 Å². The van der Waals surface area contributed by atoms with Gasteiger partial charge >= 0.3 is 18.4 Å². The number of nitrogens with zero attached hydrogens (tertiary/aromatic N) is 2. The first kappa shape index (κ1) is 20.4. The minimum Gasteiger partial charge on any atom is -0.359 e. The van der Waals surface area contributed by atoms with E-state index in [1.54, 1.807) is 0 Å². The molecule has 2 fully saturated rings. The fraction of sp³-hybridized carbons (Fsp3) is 0.800. The Morgan fingerprint density at radius 1 is 1.23 bits per heavy atom. The number of carbonyl (C=O) groups excluding carboxylic acids is 3. The van der Waals surface area contributed by atoms with Gasteiger partial charge in [-0.25, -0.2) is 9.59 Å². The Kier molecular flexibility index (Phi) is 6.45. The highest BCUT2D eigenvalue weighted by molar-refractivity contribution is 5.87. The Balaban J connectivity index is 1.81. The largest absolute Gasteiger partial charge is 0.420 e. The van der Waals surface area contributed by atoms with Crippen LogP contribution in [0.1, 0.15) is 26.2 Å². The van der Waals surface area contributed by atoms with Crippen LogP contribution >= 0.6 is 0 Å². The maximum atomic E-state index is 12.6. The van der Waals surface area contributed by atoms with Crippen LogP contribution in [0, 0.1) is 0 Å². The van der Waals surface area contributed by atoms with Crippen molar-refractivity contribution in [2.45, 2.75) is 38.0 Å². The quantitative estimate of drug-likeness (QED) is 0.746. The molecular weight excluding hydrogens is 359 g/mol. The van der Waals surface area contributed by atoms with Crippen LogP contribution < -0.4 is 5.32 Å². The van der Waals surface area contributed by atoms with Gasteiger partial charge in [-0.1, -0.05) is 0 Å². The molecule has 1 spiro atoms. The van der Waals surface area contributed by atoms with Gasteiger partial charge in [0.25, 0.3) is 0 Å². The van der Waals surface area contributed by atoms with Gasteiger partial charge in [0.05, 0.1) is 18.7 Å². The molecule has 148 valence electrons. The number of halogens is 3. The number of likely N-dealkylation sites (tertiary alicyclic amines) is 1. The van der Waals surface area contributed by atoms with Crippen molar-refractivity contribution in [3.63, 3.8) is 0 Å². The Bertz CT molecular complexity index is 547. The van der Waals surface area contributed by atoms with E-state index in [1.807, 2.05) is 0 Å². The molecule has 1 unspecified atom stereocenters. The smallest absolute Gasteiger partial charge is 0.359 e. The van der Waals surface area contributed by atoms with Crippen molar-refractivity contribution in [3.8, 4) is 0 Å². The lowest BCUT2D eigenvalue weighted by molar-refractivity contribution is -0.183. The summed E-state index contributed by atoms with van der Waals surface area (Å²) in [6.45, 7) is 0.575. The molecular formula is C15H22F3N3O5. The average molecular weight is 381 g/mol. The minimum atomic E-state index is -4.27. The summed E-state index contributed by atoms with van der Waals surface area (Å²) in [7, 11) is 0. The van der Waals surface area contributed by atoms with E-state index < -0.39 is 30.5 Å². The van der Waals surface area contributed by atoms with Crippen LogP contribution in [0.15, 0.2) is 0 Å². The Labute approximate surface area is 148 Å². The second-order valence-electron chi connectivity index (χ2n) is 6.61. The SMILES string of the molecule is CC(=O)CNC(=O)OC(=O)N1CCC2(CCCN(CC(F)(F)F)C2)OC1. The molecule has 2 aliphatic heterocycles. The summed E-state index contributed by atoms with van der Waals surface area (Å²) in [5, 5.41) is 2.12. The molecule has 0 radical (unpaired) electrons. The number of hydrogen-bond acceptors (Lipinski definition) is 6. The zero-order valence-electron chi connectivity index (χ0n) is 14.4. The normalized spacial score (nSPS) is 24.4. The maximum absolute atomic E-state index is 12.6. The van der Waals surface area contributed by atoms with Gasteiger partial charge in [-0.05, 0) is 32.7 Å². The Hall–Kier alpha value is -1.88. The third kappa shape index (κ3) is 6.13. The van der Waals surface area contributed by atoms with Crippen LogP contribution in [0.3, 0.4) is 0 Å². The van der Waals surface area contributed by atoms with Gasteiger partial charge in [0.2, 0.25) is 0 Å². The molecule has 0 saturated carbocycles. The predicted molar refractivity (Wildman–Crippen MR) is 82.3 cm³/mol. The van der Waals surface area contributed by atoms with Crippen molar-refractivity contribution >= 4 is 18.0 Å². The van der Waals surface area contributed by atoms with Crippen LogP contribution in [0.4, 0.5) is 22.8 Å². The first-order chi connectivity index (χ1) is 12.1. The van der Waals surface area contributed by atoms with E-state index in [1.165, 1.54) is 11.8 Å². The highest BCUT2D eigenvalue weighted by Gasteiger charge is 2.43. The van der Waals surface area contributed by atoms with E-state index in [0.717, 1.165) is 4.90 Å². The number of hydrogen-bond donors (Lipinski definition) is 1. The summed E-state index contributed by atoms with van der Waals surface area (Å²) < 4.78 is 48.0. The molecule has 11 heteroatoms. The van der Waals surface area contributed by atoms with Crippen molar-refractivity contribution in [1.82, 2.24) is 15.1 Å². The lowest BCUT2D eigenvalue weighted by atomic mass is 9.88. The zero-order valence-corrected chi connectivity index (χ0v) is 14.4. The maximum Gasteiger partial charge on any atom is 0.420 e. The molecule has 8 nitrogen and oxygen atoms in total. The number of rotatable bonds is 3. The molecule has 2 aliphatic rings. The second-order valence-corrected chi connectivity index (χ2v) is 6.61. The summed E-state index contributed by atoms with van der Waals surface area (Å²) >= 11 is 0. The zero-order chi connectivity index (χ0) is 19.4. The molecule has 2 saturated heterocycles. The van der Waals surface area contributed by atoms with Crippen LogP contribution in [0.25, 0.3) is 0 Å². The van der Waals surface area contributed by atoms with E-state index in [9.17, 15) is 27.6 Å². The molecule has 2 amide bonds. The molecule has 0 aliphatic carbocycles. The Morgan fingerprint density at radius 2 is 1.96 bits per heavy atom. The van der Waals surface area contributed by atoms with Gasteiger partial charge < -0.3 is 14.8 Å². The number of piperidine rings is 1. The van der Waals surface area contributed by atoms with Gasteiger partial charge in [0, 0.05) is 13.1 Å². The van der Waals surface area contributed by atoms with Gasteiger partial charge in [-0.3, -0.25) is 14.6 Å². The van der Waals surface area contributed by atoms with E-state index in [-0.39, 0.29) is 32.1 Å².